The Bertz CT molecular complexity index is 541. The highest BCUT2D eigenvalue weighted by Gasteiger charge is 2.31. The van der Waals surface area contributed by atoms with E-state index in [4.69, 9.17) is 11.1 Å². The summed E-state index contributed by atoms with van der Waals surface area (Å²) in [4.78, 5) is 14.0. The minimum absolute atomic E-state index is 0.132. The Hall–Kier alpha value is -1.05. The van der Waals surface area contributed by atoms with Crippen LogP contribution in [0.2, 0.25) is 0 Å². The van der Waals surface area contributed by atoms with E-state index in [9.17, 15) is 9.00 Å². The van der Waals surface area contributed by atoms with Gasteiger partial charge in [-0.1, -0.05) is 0 Å². The highest BCUT2D eigenvalue weighted by atomic mass is 32.2. The standard InChI is InChI=1S/C16H28N6O2S/c17-9-13-11-25(24)16(20-13)5-8-22(18)14-3-6-21(7-4-14)10-15(23)19-12-1-2-12/h12-14,16,20H,1-8,10-11,18H2,(H,19,23). The molecule has 2 saturated heterocycles. The molecule has 3 fully saturated rings. The third kappa shape index (κ3) is 5.46. The summed E-state index contributed by atoms with van der Waals surface area (Å²) in [5.41, 5.74) is 0. The molecule has 9 heteroatoms. The van der Waals surface area contributed by atoms with E-state index in [0.717, 1.165) is 38.8 Å². The van der Waals surface area contributed by atoms with Crippen LogP contribution in [0.3, 0.4) is 0 Å². The van der Waals surface area contributed by atoms with Crippen molar-refractivity contribution in [2.24, 2.45) is 5.84 Å². The summed E-state index contributed by atoms with van der Waals surface area (Å²) in [7, 11) is -0.993. The summed E-state index contributed by atoms with van der Waals surface area (Å²) in [6.45, 7) is 2.89. The molecule has 2 heterocycles. The average Bonchev–Trinajstić information content (AvgIpc) is 3.33. The Morgan fingerprint density at radius 2 is 2.08 bits per heavy atom. The van der Waals surface area contributed by atoms with Crippen LogP contribution in [0.5, 0.6) is 0 Å². The Kier molecular flexibility index (Phi) is 6.41. The van der Waals surface area contributed by atoms with Gasteiger partial charge in [0.25, 0.3) is 0 Å². The number of carbonyl (C=O) groups is 1. The number of nitriles is 1. The lowest BCUT2D eigenvalue weighted by molar-refractivity contribution is -0.122. The molecule has 0 spiro atoms. The van der Waals surface area contributed by atoms with Crippen molar-refractivity contribution in [2.75, 3.05) is 31.9 Å². The molecule has 0 aromatic heterocycles. The maximum absolute atomic E-state index is 12.0. The fourth-order valence-electron chi connectivity index (χ4n) is 3.48. The predicted molar refractivity (Wildman–Crippen MR) is 95.5 cm³/mol. The molecule has 3 aliphatic rings. The van der Waals surface area contributed by atoms with Gasteiger partial charge in [0.15, 0.2) is 0 Å². The third-order valence-corrected chi connectivity index (χ3v) is 6.84. The molecule has 3 atom stereocenters. The molecule has 3 unspecified atom stereocenters. The second-order valence-electron chi connectivity index (χ2n) is 7.26. The minimum Gasteiger partial charge on any atom is -0.352 e. The van der Waals surface area contributed by atoms with E-state index in [1.807, 2.05) is 5.01 Å². The normalized spacial score (nSPS) is 31.2. The van der Waals surface area contributed by atoms with E-state index in [1.54, 1.807) is 0 Å². The molecular weight excluding hydrogens is 340 g/mol. The molecule has 1 saturated carbocycles. The lowest BCUT2D eigenvalue weighted by Gasteiger charge is -2.36. The molecule has 25 heavy (non-hydrogen) atoms. The van der Waals surface area contributed by atoms with Crippen LogP contribution in [0.1, 0.15) is 32.1 Å². The molecule has 140 valence electrons. The highest BCUT2D eigenvalue weighted by molar-refractivity contribution is 7.85. The predicted octanol–water partition coefficient (Wildman–Crippen LogP) is -1.13. The van der Waals surface area contributed by atoms with Gasteiger partial charge in [-0.05, 0) is 32.1 Å². The number of likely N-dealkylation sites (tertiary alicyclic amines) is 1. The van der Waals surface area contributed by atoms with Crippen molar-refractivity contribution >= 4 is 16.7 Å². The summed E-state index contributed by atoms with van der Waals surface area (Å²) in [5, 5.41) is 16.7. The van der Waals surface area contributed by atoms with Crippen LogP contribution in [0.25, 0.3) is 0 Å². The fourth-order valence-corrected chi connectivity index (χ4v) is 4.90. The van der Waals surface area contributed by atoms with Crippen LogP contribution in [0.4, 0.5) is 0 Å². The van der Waals surface area contributed by atoms with Crippen molar-refractivity contribution in [2.45, 2.75) is 55.6 Å². The molecule has 0 aromatic carbocycles. The number of nitrogens with one attached hydrogen (secondary N) is 2. The number of rotatable bonds is 7. The zero-order chi connectivity index (χ0) is 17.8. The van der Waals surface area contributed by atoms with E-state index in [1.165, 1.54) is 0 Å². The van der Waals surface area contributed by atoms with Gasteiger partial charge >= 0.3 is 0 Å². The second-order valence-corrected chi connectivity index (χ2v) is 8.92. The molecule has 3 rings (SSSR count). The SMILES string of the molecule is N#CC1CS(=O)C(CCN(N)C2CCN(CC(=O)NC3CC3)CC2)N1. The summed E-state index contributed by atoms with van der Waals surface area (Å²) >= 11 is 0. The van der Waals surface area contributed by atoms with Gasteiger partial charge in [-0.2, -0.15) is 5.26 Å². The van der Waals surface area contributed by atoms with Crippen molar-refractivity contribution in [3.8, 4) is 6.07 Å². The quantitative estimate of drug-likeness (QED) is 0.385. The van der Waals surface area contributed by atoms with Gasteiger partial charge < -0.3 is 5.32 Å². The first-order valence-corrected chi connectivity index (χ1v) is 10.5. The number of hydrazine groups is 1. The lowest BCUT2D eigenvalue weighted by atomic mass is 10.0. The number of hydrogen-bond donors (Lipinski definition) is 3. The van der Waals surface area contributed by atoms with Gasteiger partial charge in [0.05, 0.1) is 23.7 Å². The summed E-state index contributed by atoms with van der Waals surface area (Å²) in [6.07, 6.45) is 4.80. The van der Waals surface area contributed by atoms with E-state index in [0.29, 0.717) is 37.3 Å². The topological polar surface area (TPSA) is 114 Å². The first kappa shape index (κ1) is 18.7. The zero-order valence-corrected chi connectivity index (χ0v) is 15.3. The van der Waals surface area contributed by atoms with Crippen LogP contribution in [-0.2, 0) is 15.6 Å². The number of amides is 1. The van der Waals surface area contributed by atoms with Gasteiger partial charge in [0, 0.05) is 42.5 Å². The maximum atomic E-state index is 12.0. The molecule has 1 amide bonds. The number of piperidine rings is 1. The Labute approximate surface area is 151 Å². The number of nitrogens with zero attached hydrogens (tertiary/aromatic N) is 3. The minimum atomic E-state index is -0.993. The molecule has 8 nitrogen and oxygen atoms in total. The molecule has 0 radical (unpaired) electrons. The van der Waals surface area contributed by atoms with Gasteiger partial charge in [-0.3, -0.25) is 25.1 Å². The maximum Gasteiger partial charge on any atom is 0.234 e. The van der Waals surface area contributed by atoms with Crippen LogP contribution in [0.15, 0.2) is 0 Å². The monoisotopic (exact) mass is 368 g/mol. The van der Waals surface area contributed by atoms with Crippen molar-refractivity contribution in [3.05, 3.63) is 0 Å². The van der Waals surface area contributed by atoms with E-state index >= 15 is 0 Å². The van der Waals surface area contributed by atoms with E-state index < -0.39 is 10.8 Å². The van der Waals surface area contributed by atoms with Crippen molar-refractivity contribution in [3.63, 3.8) is 0 Å². The molecule has 0 aromatic rings. The van der Waals surface area contributed by atoms with Gasteiger partial charge in [0.2, 0.25) is 5.91 Å². The first-order chi connectivity index (χ1) is 12.0. The largest absolute Gasteiger partial charge is 0.352 e. The van der Waals surface area contributed by atoms with E-state index in [-0.39, 0.29) is 17.3 Å². The molecular formula is C16H28N6O2S. The van der Waals surface area contributed by atoms with Crippen LogP contribution < -0.4 is 16.5 Å². The fraction of sp³-hybridized carbons (Fsp3) is 0.875. The second kappa shape index (κ2) is 8.56. The number of nitrogens with two attached hydrogens (primary N) is 1. The Morgan fingerprint density at radius 1 is 1.36 bits per heavy atom. The van der Waals surface area contributed by atoms with Crippen molar-refractivity contribution in [1.82, 2.24) is 20.5 Å². The molecule has 2 aliphatic heterocycles. The zero-order valence-electron chi connectivity index (χ0n) is 14.5. The summed E-state index contributed by atoms with van der Waals surface area (Å²) in [5.74, 6) is 6.75. The third-order valence-electron chi connectivity index (χ3n) is 5.18. The highest BCUT2D eigenvalue weighted by Crippen LogP contribution is 2.19. The number of hydrogen-bond acceptors (Lipinski definition) is 7. The molecule has 4 N–H and O–H groups in total. The van der Waals surface area contributed by atoms with Gasteiger partial charge in [-0.15, -0.1) is 0 Å². The lowest BCUT2D eigenvalue weighted by Crippen LogP contribution is -2.50. The Morgan fingerprint density at radius 3 is 2.68 bits per heavy atom. The summed E-state index contributed by atoms with van der Waals surface area (Å²) in [6, 6.07) is 2.53. The van der Waals surface area contributed by atoms with Crippen LogP contribution >= 0.6 is 0 Å². The van der Waals surface area contributed by atoms with Gasteiger partial charge in [-0.25, -0.2) is 5.01 Å². The van der Waals surface area contributed by atoms with E-state index in [2.05, 4.69) is 21.6 Å². The first-order valence-electron chi connectivity index (χ1n) is 9.11. The van der Waals surface area contributed by atoms with Gasteiger partial charge in [0.1, 0.15) is 6.04 Å². The smallest absolute Gasteiger partial charge is 0.234 e. The average molecular weight is 369 g/mol. The molecule has 0 bridgehead atoms. The number of carbonyl (C=O) groups excluding carboxylic acids is 1. The van der Waals surface area contributed by atoms with Crippen molar-refractivity contribution in [1.29, 1.82) is 5.26 Å². The van der Waals surface area contributed by atoms with Crippen molar-refractivity contribution < 1.29 is 9.00 Å². The van der Waals surface area contributed by atoms with Crippen LogP contribution in [-0.4, -0.2) is 75.5 Å². The van der Waals surface area contributed by atoms with Crippen LogP contribution in [0, 0.1) is 11.3 Å². The molecule has 1 aliphatic carbocycles. The summed E-state index contributed by atoms with van der Waals surface area (Å²) < 4.78 is 12.0. The Balaban J connectivity index is 1.34.